The largest absolute Gasteiger partial charge is 0.494 e. The summed E-state index contributed by atoms with van der Waals surface area (Å²) < 4.78 is 5.51. The second-order valence-electron chi connectivity index (χ2n) is 5.21. The Kier molecular flexibility index (Phi) is 3.75. The molecule has 0 bridgehead atoms. The summed E-state index contributed by atoms with van der Waals surface area (Å²) in [6.45, 7) is 2.72. The van der Waals surface area contributed by atoms with Gasteiger partial charge < -0.3 is 10.1 Å². The molecule has 1 unspecified atom stereocenters. The lowest BCUT2D eigenvalue weighted by Crippen LogP contribution is -2.12. The lowest BCUT2D eigenvalue weighted by molar-refractivity contribution is 0.340. The lowest BCUT2D eigenvalue weighted by atomic mass is 9.96. The van der Waals surface area contributed by atoms with Gasteiger partial charge in [0.05, 0.1) is 6.61 Å². The van der Waals surface area contributed by atoms with Crippen molar-refractivity contribution >= 4 is 0 Å². The zero-order chi connectivity index (χ0) is 13.9. The minimum absolute atomic E-state index is 0.507. The summed E-state index contributed by atoms with van der Waals surface area (Å²) >= 11 is 0. The van der Waals surface area contributed by atoms with E-state index in [2.05, 4.69) is 47.8 Å². The molecule has 1 aliphatic carbocycles. The minimum atomic E-state index is 0.507. The van der Waals surface area contributed by atoms with E-state index in [4.69, 9.17) is 4.74 Å². The van der Waals surface area contributed by atoms with Crippen LogP contribution in [0.1, 0.15) is 30.5 Å². The van der Waals surface area contributed by atoms with Crippen molar-refractivity contribution in [3.63, 3.8) is 0 Å². The molecule has 3 rings (SSSR count). The molecule has 1 aliphatic rings. The van der Waals surface area contributed by atoms with Gasteiger partial charge in [-0.1, -0.05) is 30.3 Å². The van der Waals surface area contributed by atoms with Crippen LogP contribution in [0, 0.1) is 0 Å². The number of nitrogens with one attached hydrogen (secondary N) is 1. The molecule has 2 aromatic rings. The second kappa shape index (κ2) is 5.68. The molecule has 0 saturated carbocycles. The fourth-order valence-corrected chi connectivity index (χ4v) is 3.12. The van der Waals surface area contributed by atoms with Gasteiger partial charge in [0.25, 0.3) is 0 Å². The molecule has 0 amide bonds. The molecule has 0 radical (unpaired) electrons. The summed E-state index contributed by atoms with van der Waals surface area (Å²) in [4.78, 5) is 0. The maximum Gasteiger partial charge on any atom is 0.119 e. The minimum Gasteiger partial charge on any atom is -0.494 e. The van der Waals surface area contributed by atoms with Crippen molar-refractivity contribution in [2.75, 3.05) is 13.7 Å². The van der Waals surface area contributed by atoms with E-state index in [1.54, 1.807) is 0 Å². The summed E-state index contributed by atoms with van der Waals surface area (Å²) in [5.41, 5.74) is 5.60. The van der Waals surface area contributed by atoms with E-state index in [1.807, 2.05) is 14.0 Å². The van der Waals surface area contributed by atoms with Gasteiger partial charge in [0, 0.05) is 6.04 Å². The molecule has 2 aromatic carbocycles. The van der Waals surface area contributed by atoms with Crippen molar-refractivity contribution in [1.29, 1.82) is 0 Å². The normalized spacial score (nSPS) is 17.0. The third kappa shape index (κ3) is 2.32. The second-order valence-corrected chi connectivity index (χ2v) is 5.21. The number of fused-ring (bicyclic) bond motifs is 1. The highest BCUT2D eigenvalue weighted by molar-refractivity contribution is 5.70. The van der Waals surface area contributed by atoms with Crippen molar-refractivity contribution in [2.45, 2.75) is 25.8 Å². The molecule has 1 N–H and O–H groups in total. The Balaban J connectivity index is 1.97. The monoisotopic (exact) mass is 267 g/mol. The van der Waals surface area contributed by atoms with Crippen LogP contribution < -0.4 is 10.1 Å². The average molecular weight is 267 g/mol. The molecular formula is C18H21NO. The van der Waals surface area contributed by atoms with Crippen molar-refractivity contribution in [3.05, 3.63) is 53.6 Å². The van der Waals surface area contributed by atoms with E-state index >= 15 is 0 Å². The van der Waals surface area contributed by atoms with Crippen molar-refractivity contribution in [1.82, 2.24) is 5.32 Å². The van der Waals surface area contributed by atoms with Gasteiger partial charge in [-0.25, -0.2) is 0 Å². The van der Waals surface area contributed by atoms with Crippen LogP contribution in [-0.2, 0) is 6.42 Å². The number of ether oxygens (including phenoxy) is 1. The highest BCUT2D eigenvalue weighted by atomic mass is 16.5. The Morgan fingerprint density at radius 1 is 1.15 bits per heavy atom. The fraction of sp³-hybridized carbons (Fsp3) is 0.333. The maximum absolute atomic E-state index is 5.51. The van der Waals surface area contributed by atoms with E-state index in [0.717, 1.165) is 12.2 Å². The molecule has 104 valence electrons. The number of benzene rings is 2. The Bertz CT molecular complexity index is 589. The summed E-state index contributed by atoms with van der Waals surface area (Å²) in [5.74, 6) is 0.942. The Morgan fingerprint density at radius 3 is 2.65 bits per heavy atom. The molecule has 1 atom stereocenters. The van der Waals surface area contributed by atoms with Gasteiger partial charge in [-0.15, -0.1) is 0 Å². The molecule has 0 heterocycles. The molecule has 0 fully saturated rings. The smallest absolute Gasteiger partial charge is 0.119 e. The predicted molar refractivity (Wildman–Crippen MR) is 83.2 cm³/mol. The summed E-state index contributed by atoms with van der Waals surface area (Å²) in [7, 11) is 2.04. The third-order valence-electron chi connectivity index (χ3n) is 4.10. The number of hydrogen-bond acceptors (Lipinski definition) is 2. The standard InChI is InChI=1S/C18H21NO/c1-3-20-14-9-7-13(8-10-14)15-5-4-6-17-16(15)11-12-18(17)19-2/h4-10,18-19H,3,11-12H2,1-2H3. The van der Waals surface area contributed by atoms with Gasteiger partial charge >= 0.3 is 0 Å². The SMILES string of the molecule is CCOc1ccc(-c2cccc3c2CCC3NC)cc1. The first kappa shape index (κ1) is 13.2. The van der Waals surface area contributed by atoms with Crippen LogP contribution in [0.25, 0.3) is 11.1 Å². The van der Waals surface area contributed by atoms with Crippen LogP contribution in [0.2, 0.25) is 0 Å². The third-order valence-corrected chi connectivity index (χ3v) is 4.10. The van der Waals surface area contributed by atoms with Gasteiger partial charge in [-0.05, 0) is 61.2 Å². The first-order valence-corrected chi connectivity index (χ1v) is 7.35. The summed E-state index contributed by atoms with van der Waals surface area (Å²) in [6, 6.07) is 15.6. The van der Waals surface area contributed by atoms with Crippen LogP contribution in [0.4, 0.5) is 0 Å². The lowest BCUT2D eigenvalue weighted by Gasteiger charge is -2.12. The van der Waals surface area contributed by atoms with E-state index in [9.17, 15) is 0 Å². The molecule has 2 nitrogen and oxygen atoms in total. The zero-order valence-corrected chi connectivity index (χ0v) is 12.1. The van der Waals surface area contributed by atoms with E-state index in [1.165, 1.54) is 28.7 Å². The Hall–Kier alpha value is -1.80. The van der Waals surface area contributed by atoms with Crippen LogP contribution in [0.15, 0.2) is 42.5 Å². The van der Waals surface area contributed by atoms with Gasteiger partial charge in [-0.3, -0.25) is 0 Å². The topological polar surface area (TPSA) is 21.3 Å². The van der Waals surface area contributed by atoms with Gasteiger partial charge in [0.2, 0.25) is 0 Å². The number of rotatable bonds is 4. The summed E-state index contributed by atoms with van der Waals surface area (Å²) in [6.07, 6.45) is 2.35. The highest BCUT2D eigenvalue weighted by Gasteiger charge is 2.23. The van der Waals surface area contributed by atoms with Crippen molar-refractivity contribution in [3.8, 4) is 16.9 Å². The van der Waals surface area contributed by atoms with Crippen LogP contribution in [0.3, 0.4) is 0 Å². The molecular weight excluding hydrogens is 246 g/mol. The van der Waals surface area contributed by atoms with E-state index < -0.39 is 0 Å². The van der Waals surface area contributed by atoms with Gasteiger partial charge in [0.15, 0.2) is 0 Å². The molecule has 0 aromatic heterocycles. The first-order chi connectivity index (χ1) is 9.83. The molecule has 20 heavy (non-hydrogen) atoms. The first-order valence-electron chi connectivity index (χ1n) is 7.35. The van der Waals surface area contributed by atoms with Gasteiger partial charge in [0.1, 0.15) is 5.75 Å². The Morgan fingerprint density at radius 2 is 1.95 bits per heavy atom. The van der Waals surface area contributed by atoms with E-state index in [0.29, 0.717) is 12.6 Å². The predicted octanol–water partition coefficient (Wildman–Crippen LogP) is 3.96. The summed E-state index contributed by atoms with van der Waals surface area (Å²) in [5, 5.41) is 3.40. The zero-order valence-electron chi connectivity index (χ0n) is 12.1. The quantitative estimate of drug-likeness (QED) is 0.905. The molecule has 2 heteroatoms. The van der Waals surface area contributed by atoms with Gasteiger partial charge in [-0.2, -0.15) is 0 Å². The fourth-order valence-electron chi connectivity index (χ4n) is 3.12. The molecule has 0 spiro atoms. The van der Waals surface area contributed by atoms with Crippen LogP contribution in [-0.4, -0.2) is 13.7 Å². The Labute approximate surface area is 120 Å². The van der Waals surface area contributed by atoms with Crippen molar-refractivity contribution in [2.24, 2.45) is 0 Å². The average Bonchev–Trinajstić information content (AvgIpc) is 2.91. The van der Waals surface area contributed by atoms with Crippen molar-refractivity contribution < 1.29 is 4.74 Å². The van der Waals surface area contributed by atoms with Crippen LogP contribution in [0.5, 0.6) is 5.75 Å². The van der Waals surface area contributed by atoms with Crippen LogP contribution >= 0.6 is 0 Å². The highest BCUT2D eigenvalue weighted by Crippen LogP contribution is 2.37. The van der Waals surface area contributed by atoms with E-state index in [-0.39, 0.29) is 0 Å². The number of hydrogen-bond donors (Lipinski definition) is 1. The maximum atomic E-state index is 5.51. The molecule has 0 saturated heterocycles. The molecule has 0 aliphatic heterocycles.